The lowest BCUT2D eigenvalue weighted by Crippen LogP contribution is -2.39. The molecule has 0 bridgehead atoms. The first kappa shape index (κ1) is 26.7. The Morgan fingerprint density at radius 3 is 2.19 bits per heavy atom. The van der Waals surface area contributed by atoms with Gasteiger partial charge in [-0.15, -0.1) is 0 Å². The van der Waals surface area contributed by atoms with E-state index in [1.807, 2.05) is 20.8 Å². The van der Waals surface area contributed by atoms with Crippen LogP contribution in [0.5, 0.6) is 5.75 Å². The number of nitrogens with zero attached hydrogens (tertiary/aromatic N) is 2. The molecule has 0 heterocycles. The molecule has 0 atom stereocenters. The Hall–Kier alpha value is -3.85. The molecule has 9 heteroatoms. The predicted octanol–water partition coefficient (Wildman–Crippen LogP) is 4.32. The third-order valence-corrected chi connectivity index (χ3v) is 7.48. The van der Waals surface area contributed by atoms with E-state index in [-0.39, 0.29) is 16.5 Å². The summed E-state index contributed by atoms with van der Waals surface area (Å²) in [5, 5.41) is 2.74. The van der Waals surface area contributed by atoms with Gasteiger partial charge in [0.1, 0.15) is 12.3 Å². The number of anilines is 2. The van der Waals surface area contributed by atoms with Gasteiger partial charge in [0, 0.05) is 13.1 Å². The maximum absolute atomic E-state index is 13.7. The fraction of sp³-hybridized carbons (Fsp3) is 0.259. The summed E-state index contributed by atoms with van der Waals surface area (Å²) in [6, 6.07) is 19.7. The smallest absolute Gasteiger partial charge is 0.264 e. The Kier molecular flexibility index (Phi) is 8.71. The molecule has 2 amide bonds. The number of ether oxygens (including phenoxy) is 1. The maximum Gasteiger partial charge on any atom is 0.264 e. The normalized spacial score (nSPS) is 11.0. The number of benzene rings is 3. The summed E-state index contributed by atoms with van der Waals surface area (Å²) in [4.78, 5) is 27.9. The monoisotopic (exact) mass is 509 g/mol. The summed E-state index contributed by atoms with van der Waals surface area (Å²) in [6.45, 7) is 6.10. The Morgan fingerprint density at radius 2 is 1.56 bits per heavy atom. The molecule has 0 aliphatic carbocycles. The number of rotatable bonds is 10. The van der Waals surface area contributed by atoms with Crippen LogP contribution in [0.3, 0.4) is 0 Å². The molecule has 8 nitrogen and oxygen atoms in total. The zero-order valence-electron chi connectivity index (χ0n) is 20.9. The van der Waals surface area contributed by atoms with E-state index in [0.29, 0.717) is 30.1 Å². The van der Waals surface area contributed by atoms with Crippen molar-refractivity contribution >= 4 is 33.2 Å². The number of aryl methyl sites for hydroxylation is 1. The molecule has 0 radical (unpaired) electrons. The van der Waals surface area contributed by atoms with E-state index >= 15 is 0 Å². The lowest BCUT2D eigenvalue weighted by molar-refractivity contribution is -0.114. The molecule has 190 valence electrons. The summed E-state index contributed by atoms with van der Waals surface area (Å²) < 4.78 is 33.8. The van der Waals surface area contributed by atoms with Gasteiger partial charge in [-0.05, 0) is 62.7 Å². The van der Waals surface area contributed by atoms with Crippen LogP contribution < -0.4 is 14.4 Å². The topological polar surface area (TPSA) is 96.0 Å². The van der Waals surface area contributed by atoms with Gasteiger partial charge in [-0.2, -0.15) is 0 Å². The average Bonchev–Trinajstić information content (AvgIpc) is 2.88. The number of hydrogen-bond acceptors (Lipinski definition) is 5. The third-order valence-electron chi connectivity index (χ3n) is 5.70. The van der Waals surface area contributed by atoms with E-state index in [1.165, 1.54) is 19.2 Å². The maximum atomic E-state index is 13.7. The molecule has 0 saturated heterocycles. The van der Waals surface area contributed by atoms with Gasteiger partial charge < -0.3 is 15.0 Å². The van der Waals surface area contributed by atoms with Crippen molar-refractivity contribution in [3.05, 3.63) is 83.9 Å². The minimum absolute atomic E-state index is 0.0403. The van der Waals surface area contributed by atoms with Crippen LogP contribution in [0.25, 0.3) is 0 Å². The van der Waals surface area contributed by atoms with E-state index < -0.39 is 22.5 Å². The van der Waals surface area contributed by atoms with E-state index in [4.69, 9.17) is 4.74 Å². The fourth-order valence-corrected chi connectivity index (χ4v) is 5.24. The third kappa shape index (κ3) is 5.85. The standard InChI is InChI=1S/C27H31N3O5S/c1-5-29(6-2)27(32)22-14-10-11-15-23(22)28-26(31)19-30(24-18-20(3)16-17-25(24)35-4)36(33,34)21-12-8-7-9-13-21/h7-18H,5-6,19H2,1-4H3,(H,28,31). The Morgan fingerprint density at radius 1 is 0.917 bits per heavy atom. The number of methoxy groups -OCH3 is 1. The van der Waals surface area contributed by atoms with Crippen LogP contribution in [0, 0.1) is 6.92 Å². The highest BCUT2D eigenvalue weighted by Gasteiger charge is 2.30. The second-order valence-corrected chi connectivity index (χ2v) is 9.93. The van der Waals surface area contributed by atoms with Crippen molar-refractivity contribution in [2.45, 2.75) is 25.7 Å². The van der Waals surface area contributed by atoms with Gasteiger partial charge in [-0.3, -0.25) is 13.9 Å². The predicted molar refractivity (Wildman–Crippen MR) is 141 cm³/mol. The van der Waals surface area contributed by atoms with Gasteiger partial charge in [-0.1, -0.05) is 36.4 Å². The number of amides is 2. The molecule has 0 unspecified atom stereocenters. The number of nitrogens with one attached hydrogen (secondary N) is 1. The first-order chi connectivity index (χ1) is 17.2. The summed E-state index contributed by atoms with van der Waals surface area (Å²) in [6.07, 6.45) is 0. The minimum atomic E-state index is -4.12. The molecule has 3 aromatic rings. The number of carbonyl (C=O) groups excluding carboxylic acids is 2. The van der Waals surface area contributed by atoms with Gasteiger partial charge in [0.25, 0.3) is 15.9 Å². The van der Waals surface area contributed by atoms with Crippen molar-refractivity contribution in [3.63, 3.8) is 0 Å². The van der Waals surface area contributed by atoms with E-state index in [0.717, 1.165) is 9.87 Å². The second kappa shape index (κ2) is 11.7. The largest absolute Gasteiger partial charge is 0.495 e. The lowest BCUT2D eigenvalue weighted by atomic mass is 10.1. The van der Waals surface area contributed by atoms with Crippen molar-refractivity contribution < 1.29 is 22.7 Å². The number of hydrogen-bond donors (Lipinski definition) is 1. The first-order valence-corrected chi connectivity index (χ1v) is 13.1. The van der Waals surface area contributed by atoms with Crippen molar-refractivity contribution in [3.8, 4) is 5.75 Å². The second-order valence-electron chi connectivity index (χ2n) is 8.07. The zero-order chi connectivity index (χ0) is 26.3. The van der Waals surface area contributed by atoms with Gasteiger partial charge in [-0.25, -0.2) is 8.42 Å². The van der Waals surface area contributed by atoms with Gasteiger partial charge in [0.2, 0.25) is 5.91 Å². The van der Waals surface area contributed by atoms with Crippen LogP contribution in [0.15, 0.2) is 77.7 Å². The van der Waals surface area contributed by atoms with Crippen molar-refractivity contribution in [2.24, 2.45) is 0 Å². The highest BCUT2D eigenvalue weighted by molar-refractivity contribution is 7.92. The molecule has 0 spiro atoms. The highest BCUT2D eigenvalue weighted by atomic mass is 32.2. The first-order valence-electron chi connectivity index (χ1n) is 11.6. The van der Waals surface area contributed by atoms with Crippen LogP contribution in [-0.4, -0.2) is 51.9 Å². The molecule has 0 aliphatic heterocycles. The molecule has 3 aromatic carbocycles. The Labute approximate surface area is 212 Å². The van der Waals surface area contributed by atoms with Crippen molar-refractivity contribution in [1.29, 1.82) is 0 Å². The van der Waals surface area contributed by atoms with Crippen molar-refractivity contribution in [1.82, 2.24) is 4.90 Å². The van der Waals surface area contributed by atoms with Crippen molar-refractivity contribution in [2.75, 3.05) is 36.4 Å². The molecule has 36 heavy (non-hydrogen) atoms. The highest BCUT2D eigenvalue weighted by Crippen LogP contribution is 2.33. The molecule has 0 fully saturated rings. The summed E-state index contributed by atoms with van der Waals surface area (Å²) in [5.41, 5.74) is 1.69. The molecular formula is C27H31N3O5S. The van der Waals surface area contributed by atoms with Gasteiger partial charge in [0.05, 0.1) is 28.9 Å². The quantitative estimate of drug-likeness (QED) is 0.439. The lowest BCUT2D eigenvalue weighted by Gasteiger charge is -2.26. The molecule has 0 saturated carbocycles. The van der Waals surface area contributed by atoms with Gasteiger partial charge >= 0.3 is 0 Å². The number of para-hydroxylation sites is 1. The summed E-state index contributed by atoms with van der Waals surface area (Å²) in [5.74, 6) is -0.507. The van der Waals surface area contributed by atoms with Crippen LogP contribution >= 0.6 is 0 Å². The molecule has 1 N–H and O–H groups in total. The van der Waals surface area contributed by atoms with E-state index in [2.05, 4.69) is 5.32 Å². The number of sulfonamides is 1. The number of carbonyl (C=O) groups is 2. The average molecular weight is 510 g/mol. The molecular weight excluding hydrogens is 478 g/mol. The van der Waals surface area contributed by atoms with E-state index in [1.54, 1.807) is 65.6 Å². The summed E-state index contributed by atoms with van der Waals surface area (Å²) in [7, 11) is -2.68. The molecule has 0 aromatic heterocycles. The van der Waals surface area contributed by atoms with E-state index in [9.17, 15) is 18.0 Å². The SMILES string of the molecule is CCN(CC)C(=O)c1ccccc1NC(=O)CN(c1cc(C)ccc1OC)S(=O)(=O)c1ccccc1. The summed E-state index contributed by atoms with van der Waals surface area (Å²) >= 11 is 0. The molecule has 3 rings (SSSR count). The molecule has 0 aliphatic rings. The minimum Gasteiger partial charge on any atom is -0.495 e. The van der Waals surface area contributed by atoms with Crippen LogP contribution in [0.1, 0.15) is 29.8 Å². The Bertz CT molecular complexity index is 1320. The van der Waals surface area contributed by atoms with Crippen LogP contribution in [-0.2, 0) is 14.8 Å². The van der Waals surface area contributed by atoms with Gasteiger partial charge in [0.15, 0.2) is 0 Å². The Balaban J connectivity index is 2.00. The van der Waals surface area contributed by atoms with Crippen LogP contribution in [0.2, 0.25) is 0 Å². The zero-order valence-corrected chi connectivity index (χ0v) is 21.7. The fourth-order valence-electron chi connectivity index (χ4n) is 3.79. The van der Waals surface area contributed by atoms with Crippen LogP contribution in [0.4, 0.5) is 11.4 Å².